The van der Waals surface area contributed by atoms with Crippen LogP contribution in [0.4, 0.5) is 11.4 Å². The summed E-state index contributed by atoms with van der Waals surface area (Å²) in [6.07, 6.45) is 3.67. The molecule has 4 heteroatoms. The van der Waals surface area contributed by atoms with Crippen LogP contribution >= 0.6 is 0 Å². The van der Waals surface area contributed by atoms with E-state index in [1.54, 1.807) is 6.20 Å². The van der Waals surface area contributed by atoms with Crippen LogP contribution in [0.1, 0.15) is 0 Å². The second kappa shape index (κ2) is 6.26. The number of anilines is 2. The van der Waals surface area contributed by atoms with Crippen molar-refractivity contribution >= 4 is 11.4 Å². The van der Waals surface area contributed by atoms with Gasteiger partial charge in [0.1, 0.15) is 0 Å². The number of pyridine rings is 2. The third-order valence-electron chi connectivity index (χ3n) is 3.53. The first-order valence-electron chi connectivity index (χ1n) is 7.18. The van der Waals surface area contributed by atoms with Crippen molar-refractivity contribution in [1.29, 1.82) is 0 Å². The summed E-state index contributed by atoms with van der Waals surface area (Å²) in [4.78, 5) is 8.86. The maximum Gasteiger partial charge on any atom is 0.0886 e. The molecule has 0 aliphatic heterocycles. The third kappa shape index (κ3) is 2.91. The Morgan fingerprint density at radius 1 is 0.727 bits per heavy atom. The van der Waals surface area contributed by atoms with Crippen molar-refractivity contribution in [2.45, 2.75) is 0 Å². The van der Waals surface area contributed by atoms with Gasteiger partial charge in [0.25, 0.3) is 0 Å². The Morgan fingerprint density at radius 2 is 1.45 bits per heavy atom. The summed E-state index contributed by atoms with van der Waals surface area (Å²) in [6.45, 7) is 0. The summed E-state index contributed by atoms with van der Waals surface area (Å²) < 4.78 is 0. The molecule has 0 saturated carbocycles. The summed E-state index contributed by atoms with van der Waals surface area (Å²) in [7, 11) is 3.84. The number of nitrogens with one attached hydrogen (secondary N) is 2. The summed E-state index contributed by atoms with van der Waals surface area (Å²) in [5.41, 5.74) is 6.09. The minimum atomic E-state index is 0.878. The van der Waals surface area contributed by atoms with Gasteiger partial charge in [-0.15, -0.1) is 0 Å². The van der Waals surface area contributed by atoms with Crippen molar-refractivity contribution in [3.05, 3.63) is 60.9 Å². The van der Waals surface area contributed by atoms with Gasteiger partial charge in [-0.05, 0) is 42.0 Å². The topological polar surface area (TPSA) is 49.8 Å². The van der Waals surface area contributed by atoms with Gasteiger partial charge in [-0.1, -0.05) is 12.1 Å². The van der Waals surface area contributed by atoms with Crippen molar-refractivity contribution in [1.82, 2.24) is 9.97 Å². The maximum atomic E-state index is 4.53. The Balaban J connectivity index is 1.96. The second-order valence-corrected chi connectivity index (χ2v) is 4.95. The van der Waals surface area contributed by atoms with E-state index in [2.05, 4.69) is 44.9 Å². The van der Waals surface area contributed by atoms with E-state index in [4.69, 9.17) is 0 Å². The molecule has 0 radical (unpaired) electrons. The molecular formula is C18H18N4. The first kappa shape index (κ1) is 14.1. The Morgan fingerprint density at radius 3 is 2.00 bits per heavy atom. The Labute approximate surface area is 130 Å². The van der Waals surface area contributed by atoms with Crippen LogP contribution in [0.5, 0.6) is 0 Å². The van der Waals surface area contributed by atoms with Gasteiger partial charge in [0, 0.05) is 43.4 Å². The highest BCUT2D eigenvalue weighted by molar-refractivity contribution is 5.74. The summed E-state index contributed by atoms with van der Waals surface area (Å²) in [5, 5.41) is 6.36. The maximum absolute atomic E-state index is 4.53. The number of hydrogen-bond donors (Lipinski definition) is 2. The summed E-state index contributed by atoms with van der Waals surface area (Å²) >= 11 is 0. The predicted molar refractivity (Wildman–Crippen MR) is 92.0 cm³/mol. The number of hydrogen-bond acceptors (Lipinski definition) is 4. The Bertz CT molecular complexity index is 730. The first-order chi connectivity index (χ1) is 10.8. The minimum Gasteiger partial charge on any atom is -0.388 e. The van der Waals surface area contributed by atoms with E-state index in [-0.39, 0.29) is 0 Å². The highest BCUT2D eigenvalue weighted by Crippen LogP contribution is 2.27. The molecule has 0 aliphatic rings. The molecular weight excluding hydrogens is 272 g/mol. The Kier molecular flexibility index (Phi) is 4.01. The van der Waals surface area contributed by atoms with Crippen LogP contribution in [0.3, 0.4) is 0 Å². The van der Waals surface area contributed by atoms with E-state index in [1.165, 1.54) is 0 Å². The first-order valence-corrected chi connectivity index (χ1v) is 7.18. The molecule has 3 aromatic rings. The minimum absolute atomic E-state index is 0.878. The molecule has 2 aromatic heterocycles. The molecule has 0 saturated heterocycles. The molecule has 0 atom stereocenters. The Hall–Kier alpha value is -2.88. The molecule has 3 rings (SSSR count). The van der Waals surface area contributed by atoms with Crippen molar-refractivity contribution in [2.24, 2.45) is 0 Å². The van der Waals surface area contributed by atoms with Crippen LogP contribution in [0.25, 0.3) is 22.5 Å². The summed E-state index contributed by atoms with van der Waals surface area (Å²) in [5.74, 6) is 0. The zero-order valence-corrected chi connectivity index (χ0v) is 12.7. The van der Waals surface area contributed by atoms with E-state index in [9.17, 15) is 0 Å². The predicted octanol–water partition coefficient (Wildman–Crippen LogP) is 3.89. The van der Waals surface area contributed by atoms with Crippen molar-refractivity contribution < 1.29 is 0 Å². The van der Waals surface area contributed by atoms with E-state index in [1.807, 2.05) is 44.6 Å². The largest absolute Gasteiger partial charge is 0.388 e. The quantitative estimate of drug-likeness (QED) is 0.765. The average molecular weight is 290 g/mol. The fraction of sp³-hybridized carbons (Fsp3) is 0.111. The van der Waals surface area contributed by atoms with Crippen LogP contribution in [0, 0.1) is 0 Å². The zero-order valence-electron chi connectivity index (χ0n) is 12.7. The van der Waals surface area contributed by atoms with E-state index >= 15 is 0 Å². The van der Waals surface area contributed by atoms with Crippen molar-refractivity contribution in [3.63, 3.8) is 0 Å². The van der Waals surface area contributed by atoms with Gasteiger partial charge in [-0.3, -0.25) is 9.97 Å². The standard InChI is InChI=1S/C18H18N4/c1-19-15-9-14(10-16(11-15)20-2)13-6-7-18(22-12-13)17-5-3-4-8-21-17/h3-12,19-20H,1-2H3. The van der Waals surface area contributed by atoms with Crippen molar-refractivity contribution in [3.8, 4) is 22.5 Å². The van der Waals surface area contributed by atoms with E-state index < -0.39 is 0 Å². The monoisotopic (exact) mass is 290 g/mol. The van der Waals surface area contributed by atoms with Gasteiger partial charge in [0.15, 0.2) is 0 Å². The van der Waals surface area contributed by atoms with Crippen molar-refractivity contribution in [2.75, 3.05) is 24.7 Å². The normalized spacial score (nSPS) is 10.3. The SMILES string of the molecule is CNc1cc(NC)cc(-c2ccc(-c3ccccn3)nc2)c1. The molecule has 1 aromatic carbocycles. The molecule has 2 heterocycles. The highest BCUT2D eigenvalue weighted by atomic mass is 14.8. The molecule has 0 unspecified atom stereocenters. The third-order valence-corrected chi connectivity index (χ3v) is 3.53. The molecule has 2 N–H and O–H groups in total. The fourth-order valence-electron chi connectivity index (χ4n) is 2.31. The van der Waals surface area contributed by atoms with E-state index in [0.717, 1.165) is 33.9 Å². The molecule has 4 nitrogen and oxygen atoms in total. The highest BCUT2D eigenvalue weighted by Gasteiger charge is 2.05. The molecule has 0 fully saturated rings. The lowest BCUT2D eigenvalue weighted by molar-refractivity contribution is 1.25. The fourth-order valence-corrected chi connectivity index (χ4v) is 2.31. The van der Waals surface area contributed by atoms with Crippen LogP contribution in [-0.2, 0) is 0 Å². The van der Waals surface area contributed by atoms with E-state index in [0.29, 0.717) is 0 Å². The number of benzene rings is 1. The molecule has 0 amide bonds. The lowest BCUT2D eigenvalue weighted by atomic mass is 10.1. The average Bonchev–Trinajstić information content (AvgIpc) is 2.62. The number of rotatable bonds is 4. The number of nitrogens with zero attached hydrogens (tertiary/aromatic N) is 2. The zero-order chi connectivity index (χ0) is 15.4. The van der Waals surface area contributed by atoms with Gasteiger partial charge < -0.3 is 10.6 Å². The molecule has 0 aliphatic carbocycles. The molecule has 0 bridgehead atoms. The van der Waals surface area contributed by atoms with Gasteiger partial charge in [0.2, 0.25) is 0 Å². The number of aromatic nitrogens is 2. The molecule has 0 spiro atoms. The van der Waals surface area contributed by atoms with Gasteiger partial charge in [-0.25, -0.2) is 0 Å². The van der Waals surface area contributed by atoms with Gasteiger partial charge in [-0.2, -0.15) is 0 Å². The van der Waals surface area contributed by atoms with Crippen LogP contribution in [-0.4, -0.2) is 24.1 Å². The lowest BCUT2D eigenvalue weighted by Crippen LogP contribution is -1.94. The smallest absolute Gasteiger partial charge is 0.0886 e. The van der Waals surface area contributed by atoms with Crippen LogP contribution in [0.2, 0.25) is 0 Å². The van der Waals surface area contributed by atoms with Crippen LogP contribution in [0.15, 0.2) is 60.9 Å². The molecule has 22 heavy (non-hydrogen) atoms. The van der Waals surface area contributed by atoms with Gasteiger partial charge >= 0.3 is 0 Å². The molecule has 110 valence electrons. The lowest BCUT2D eigenvalue weighted by Gasteiger charge is -2.10. The van der Waals surface area contributed by atoms with Gasteiger partial charge in [0.05, 0.1) is 11.4 Å². The summed E-state index contributed by atoms with van der Waals surface area (Å²) in [6, 6.07) is 16.2. The van der Waals surface area contributed by atoms with Crippen LogP contribution < -0.4 is 10.6 Å². The second-order valence-electron chi connectivity index (χ2n) is 4.95.